The molecule has 16 heavy (non-hydrogen) atoms. The van der Waals surface area contributed by atoms with E-state index in [1.54, 1.807) is 0 Å². The fourth-order valence-electron chi connectivity index (χ4n) is 1.36. The van der Waals surface area contributed by atoms with Gasteiger partial charge in [-0.2, -0.15) is 0 Å². The first-order chi connectivity index (χ1) is 7.52. The third kappa shape index (κ3) is 2.31. The lowest BCUT2D eigenvalue weighted by atomic mass is 10.2. The zero-order chi connectivity index (χ0) is 11.8. The van der Waals surface area contributed by atoms with Crippen molar-refractivity contribution in [1.82, 2.24) is 4.98 Å². The Labute approximate surface area is 93.7 Å². The lowest BCUT2D eigenvalue weighted by Gasteiger charge is -2.11. The molecule has 1 aliphatic carbocycles. The van der Waals surface area contributed by atoms with Crippen molar-refractivity contribution in [3.8, 4) is 5.75 Å². The van der Waals surface area contributed by atoms with Crippen molar-refractivity contribution in [1.29, 1.82) is 0 Å². The zero-order valence-corrected chi connectivity index (χ0v) is 9.40. The van der Waals surface area contributed by atoms with Gasteiger partial charge in [0.05, 0.1) is 12.3 Å². The summed E-state index contributed by atoms with van der Waals surface area (Å²) in [7, 11) is -3.81. The first kappa shape index (κ1) is 11.3. The molecule has 6 nitrogen and oxygen atoms in total. The van der Waals surface area contributed by atoms with Crippen LogP contribution in [0, 0.1) is 0 Å². The van der Waals surface area contributed by atoms with Crippen LogP contribution in [-0.4, -0.2) is 19.5 Å². The minimum absolute atomic E-state index is 0.0519. The Bertz CT molecular complexity index is 497. The lowest BCUT2D eigenvalue weighted by Crippen LogP contribution is -2.17. The molecule has 7 heteroatoms. The van der Waals surface area contributed by atoms with Crippen LogP contribution in [0.4, 0.5) is 0 Å². The van der Waals surface area contributed by atoms with Crippen LogP contribution in [0.25, 0.3) is 0 Å². The summed E-state index contributed by atoms with van der Waals surface area (Å²) >= 11 is 0. The molecule has 0 aliphatic heterocycles. The van der Waals surface area contributed by atoms with Crippen molar-refractivity contribution in [3.05, 3.63) is 18.0 Å². The molecule has 88 valence electrons. The van der Waals surface area contributed by atoms with E-state index >= 15 is 0 Å². The predicted molar refractivity (Wildman–Crippen MR) is 57.2 cm³/mol. The number of sulfonamides is 1. The van der Waals surface area contributed by atoms with E-state index in [1.807, 2.05) is 0 Å². The quantitative estimate of drug-likeness (QED) is 0.756. The van der Waals surface area contributed by atoms with Gasteiger partial charge in [0.25, 0.3) is 0 Å². The first-order valence-electron chi connectivity index (χ1n) is 4.89. The molecule has 0 saturated heterocycles. The van der Waals surface area contributed by atoms with E-state index in [2.05, 4.69) is 4.98 Å². The van der Waals surface area contributed by atoms with E-state index in [-0.39, 0.29) is 17.5 Å². The van der Waals surface area contributed by atoms with Gasteiger partial charge in [-0.1, -0.05) is 0 Å². The van der Waals surface area contributed by atoms with Gasteiger partial charge in [-0.3, -0.25) is 4.98 Å². The third-order valence-electron chi connectivity index (χ3n) is 2.31. The van der Waals surface area contributed by atoms with E-state index in [0.717, 1.165) is 12.8 Å². The Morgan fingerprint density at radius 2 is 2.12 bits per heavy atom. The molecule has 1 aromatic heterocycles. The van der Waals surface area contributed by atoms with E-state index < -0.39 is 10.0 Å². The highest BCUT2D eigenvalue weighted by Crippen LogP contribution is 2.30. The van der Waals surface area contributed by atoms with Gasteiger partial charge < -0.3 is 10.5 Å². The van der Waals surface area contributed by atoms with Gasteiger partial charge in [0, 0.05) is 18.3 Å². The Hall–Kier alpha value is -1.18. The fraction of sp³-hybridized carbons (Fsp3) is 0.444. The summed E-state index contributed by atoms with van der Waals surface area (Å²) in [6.45, 7) is 0.0519. The van der Waals surface area contributed by atoms with Crippen LogP contribution < -0.4 is 15.6 Å². The fourth-order valence-corrected chi connectivity index (χ4v) is 2.10. The highest BCUT2D eigenvalue weighted by Gasteiger charge is 2.26. The predicted octanol–water partition coefficient (Wildman–Crippen LogP) is -0.271. The van der Waals surface area contributed by atoms with Crippen LogP contribution in [0.5, 0.6) is 5.75 Å². The van der Waals surface area contributed by atoms with Crippen LogP contribution in [-0.2, 0) is 16.6 Å². The Morgan fingerprint density at radius 3 is 2.62 bits per heavy atom. The molecular weight excluding hydrogens is 230 g/mol. The van der Waals surface area contributed by atoms with Crippen LogP contribution in [0.3, 0.4) is 0 Å². The summed E-state index contributed by atoms with van der Waals surface area (Å²) in [4.78, 5) is 3.74. The van der Waals surface area contributed by atoms with E-state index in [9.17, 15) is 8.42 Å². The third-order valence-corrected chi connectivity index (χ3v) is 3.27. The lowest BCUT2D eigenvalue weighted by molar-refractivity contribution is 0.297. The summed E-state index contributed by atoms with van der Waals surface area (Å²) < 4.78 is 28.1. The van der Waals surface area contributed by atoms with Crippen molar-refractivity contribution >= 4 is 10.0 Å². The van der Waals surface area contributed by atoms with Crippen molar-refractivity contribution < 1.29 is 13.2 Å². The van der Waals surface area contributed by atoms with Crippen molar-refractivity contribution in [2.45, 2.75) is 30.4 Å². The standard InChI is InChI=1S/C9H13N3O3S/c10-3-7-8(15-6-1-2-6)4-12-5-9(7)16(11,13)14/h4-6H,1-3,10H2,(H2,11,13,14). The largest absolute Gasteiger partial charge is 0.488 e. The molecule has 0 aromatic carbocycles. The summed E-state index contributed by atoms with van der Waals surface area (Å²) in [5, 5.41) is 5.07. The Morgan fingerprint density at radius 1 is 1.44 bits per heavy atom. The number of ether oxygens (including phenoxy) is 1. The first-order valence-corrected chi connectivity index (χ1v) is 6.43. The van der Waals surface area contributed by atoms with Gasteiger partial charge in [0.15, 0.2) is 0 Å². The van der Waals surface area contributed by atoms with E-state index in [0.29, 0.717) is 11.3 Å². The van der Waals surface area contributed by atoms with Gasteiger partial charge in [0.2, 0.25) is 10.0 Å². The molecule has 0 atom stereocenters. The molecule has 0 unspecified atom stereocenters. The summed E-state index contributed by atoms with van der Waals surface area (Å²) in [6.07, 6.45) is 4.77. The van der Waals surface area contributed by atoms with Gasteiger partial charge in [-0.15, -0.1) is 0 Å². The molecule has 1 heterocycles. The summed E-state index contributed by atoms with van der Waals surface area (Å²) in [5.74, 6) is 0.413. The highest BCUT2D eigenvalue weighted by molar-refractivity contribution is 7.89. The molecule has 0 radical (unpaired) electrons. The molecule has 1 aliphatic rings. The SMILES string of the molecule is NCc1c(OC2CC2)cncc1S(N)(=O)=O. The number of aromatic nitrogens is 1. The van der Waals surface area contributed by atoms with Gasteiger partial charge in [0.1, 0.15) is 10.6 Å². The smallest absolute Gasteiger partial charge is 0.240 e. The minimum atomic E-state index is -3.81. The highest BCUT2D eigenvalue weighted by atomic mass is 32.2. The average molecular weight is 243 g/mol. The zero-order valence-electron chi connectivity index (χ0n) is 8.59. The second kappa shape index (κ2) is 4.00. The topological polar surface area (TPSA) is 108 Å². The van der Waals surface area contributed by atoms with Crippen LogP contribution in [0.1, 0.15) is 18.4 Å². The maximum Gasteiger partial charge on any atom is 0.240 e. The molecule has 2 rings (SSSR count). The minimum Gasteiger partial charge on any atom is -0.488 e. The van der Waals surface area contributed by atoms with Crippen molar-refractivity contribution in [2.24, 2.45) is 10.9 Å². The van der Waals surface area contributed by atoms with Crippen LogP contribution >= 0.6 is 0 Å². The second-order valence-electron chi connectivity index (χ2n) is 3.68. The molecule has 0 spiro atoms. The summed E-state index contributed by atoms with van der Waals surface area (Å²) in [5.41, 5.74) is 5.91. The number of primary sulfonamides is 1. The van der Waals surface area contributed by atoms with Crippen molar-refractivity contribution in [2.75, 3.05) is 0 Å². The summed E-state index contributed by atoms with van der Waals surface area (Å²) in [6, 6.07) is 0. The molecule has 0 amide bonds. The van der Waals surface area contributed by atoms with E-state index in [1.165, 1.54) is 12.4 Å². The maximum absolute atomic E-state index is 11.3. The number of pyridine rings is 1. The molecule has 1 fully saturated rings. The molecule has 1 saturated carbocycles. The average Bonchev–Trinajstić information content (AvgIpc) is 3.00. The van der Waals surface area contributed by atoms with Crippen LogP contribution in [0.15, 0.2) is 17.3 Å². The second-order valence-corrected chi connectivity index (χ2v) is 5.21. The number of rotatable bonds is 4. The number of hydrogen-bond donors (Lipinski definition) is 2. The number of nitrogens with two attached hydrogens (primary N) is 2. The molecular formula is C9H13N3O3S. The maximum atomic E-state index is 11.3. The Kier molecular flexibility index (Phi) is 2.83. The molecule has 1 aromatic rings. The van der Waals surface area contributed by atoms with Gasteiger partial charge in [-0.25, -0.2) is 13.6 Å². The van der Waals surface area contributed by atoms with Gasteiger partial charge in [-0.05, 0) is 12.8 Å². The Balaban J connectivity index is 2.45. The number of hydrogen-bond acceptors (Lipinski definition) is 5. The van der Waals surface area contributed by atoms with Crippen molar-refractivity contribution in [3.63, 3.8) is 0 Å². The monoisotopic (exact) mass is 243 g/mol. The normalized spacial score (nSPS) is 16.1. The molecule has 0 bridgehead atoms. The van der Waals surface area contributed by atoms with E-state index in [4.69, 9.17) is 15.6 Å². The van der Waals surface area contributed by atoms with Gasteiger partial charge >= 0.3 is 0 Å². The molecule has 4 N–H and O–H groups in total. The number of nitrogens with zero attached hydrogens (tertiary/aromatic N) is 1. The van der Waals surface area contributed by atoms with Crippen LogP contribution in [0.2, 0.25) is 0 Å².